The van der Waals surface area contributed by atoms with Gasteiger partial charge in [-0.1, -0.05) is 0 Å². The van der Waals surface area contributed by atoms with Gasteiger partial charge in [-0.25, -0.2) is 10.2 Å². The third-order valence-electron chi connectivity index (χ3n) is 1.67. The van der Waals surface area contributed by atoms with Crippen LogP contribution in [-0.2, 0) is 4.79 Å². The molecule has 3 nitrogen and oxygen atoms in total. The zero-order valence-corrected chi connectivity index (χ0v) is 4.93. The lowest BCUT2D eigenvalue weighted by Gasteiger charge is -2.27. The molecule has 0 radical (unpaired) electrons. The molecule has 0 spiro atoms. The van der Waals surface area contributed by atoms with Crippen LogP contribution in [0.3, 0.4) is 0 Å². The Kier molecular flexibility index (Phi) is 1.66. The molecule has 4 heteroatoms. The Morgan fingerprint density at radius 3 is 2.44 bits per heavy atom. The summed E-state index contributed by atoms with van der Waals surface area (Å²) in [6.45, 7) is 0. The number of rotatable bonds is 1. The van der Waals surface area contributed by atoms with Gasteiger partial charge in [-0.2, -0.15) is 0 Å². The summed E-state index contributed by atoms with van der Waals surface area (Å²) in [6.07, 6.45) is 0.163. The molecule has 52 valence electrons. The molecule has 1 fully saturated rings. The number of carbonyl (C=O) groups excluding carboxylic acids is 1. The van der Waals surface area contributed by atoms with Crippen molar-refractivity contribution in [2.75, 3.05) is 0 Å². The van der Waals surface area contributed by atoms with E-state index in [0.29, 0.717) is 12.8 Å². The summed E-state index contributed by atoms with van der Waals surface area (Å²) in [5, 5.41) is 0. The molecular formula is C5H9FN2O. The Labute approximate surface area is 52.4 Å². The lowest BCUT2D eigenvalue weighted by atomic mass is 9.83. The molecule has 0 aromatic heterocycles. The van der Waals surface area contributed by atoms with Crippen molar-refractivity contribution in [1.82, 2.24) is 5.43 Å². The highest BCUT2D eigenvalue weighted by molar-refractivity contribution is 5.79. The van der Waals surface area contributed by atoms with Crippen molar-refractivity contribution in [2.45, 2.75) is 19.0 Å². The molecule has 2 atom stereocenters. The first-order chi connectivity index (χ1) is 4.25. The lowest BCUT2D eigenvalue weighted by Crippen LogP contribution is -2.44. The van der Waals surface area contributed by atoms with E-state index in [1.54, 1.807) is 0 Å². The van der Waals surface area contributed by atoms with Gasteiger partial charge in [-0.05, 0) is 12.8 Å². The molecule has 3 N–H and O–H groups in total. The Balaban J connectivity index is 2.35. The summed E-state index contributed by atoms with van der Waals surface area (Å²) in [4.78, 5) is 10.5. The third kappa shape index (κ3) is 1.03. The first kappa shape index (κ1) is 6.48. The van der Waals surface area contributed by atoms with Crippen LogP contribution in [0.1, 0.15) is 12.8 Å². The van der Waals surface area contributed by atoms with E-state index in [4.69, 9.17) is 5.84 Å². The predicted molar refractivity (Wildman–Crippen MR) is 30.0 cm³/mol. The highest BCUT2D eigenvalue weighted by Crippen LogP contribution is 2.29. The summed E-state index contributed by atoms with van der Waals surface area (Å²) >= 11 is 0. The Hall–Kier alpha value is -0.640. The zero-order chi connectivity index (χ0) is 6.85. The summed E-state index contributed by atoms with van der Waals surface area (Å²) in [7, 11) is 0. The molecule has 9 heavy (non-hydrogen) atoms. The second kappa shape index (κ2) is 2.31. The zero-order valence-electron chi connectivity index (χ0n) is 4.93. The minimum atomic E-state index is -0.964. The summed E-state index contributed by atoms with van der Waals surface area (Å²) in [5.41, 5.74) is 1.92. The molecule has 1 aliphatic rings. The van der Waals surface area contributed by atoms with Crippen molar-refractivity contribution in [3.05, 3.63) is 0 Å². The van der Waals surface area contributed by atoms with Crippen LogP contribution in [0.2, 0.25) is 0 Å². The van der Waals surface area contributed by atoms with Crippen LogP contribution < -0.4 is 11.3 Å². The predicted octanol–water partition coefficient (Wildman–Crippen LogP) is -0.276. The first-order valence-electron chi connectivity index (χ1n) is 2.90. The van der Waals surface area contributed by atoms with Crippen molar-refractivity contribution in [3.63, 3.8) is 0 Å². The average molecular weight is 132 g/mol. The topological polar surface area (TPSA) is 55.1 Å². The summed E-state index contributed by atoms with van der Waals surface area (Å²) < 4.78 is 12.3. The smallest absolute Gasteiger partial charge is 0.239 e. The number of hydrogen-bond donors (Lipinski definition) is 2. The van der Waals surface area contributed by atoms with E-state index in [1.807, 2.05) is 5.43 Å². The first-order valence-corrected chi connectivity index (χ1v) is 2.90. The number of nitrogens with two attached hydrogens (primary N) is 1. The van der Waals surface area contributed by atoms with Crippen molar-refractivity contribution < 1.29 is 9.18 Å². The Morgan fingerprint density at radius 2 is 2.33 bits per heavy atom. The maximum absolute atomic E-state index is 12.3. The molecule has 0 bridgehead atoms. The fourth-order valence-electron chi connectivity index (χ4n) is 0.862. The Morgan fingerprint density at radius 1 is 1.67 bits per heavy atom. The van der Waals surface area contributed by atoms with Crippen molar-refractivity contribution in [3.8, 4) is 0 Å². The van der Waals surface area contributed by atoms with Gasteiger partial charge in [0.15, 0.2) is 0 Å². The van der Waals surface area contributed by atoms with Crippen LogP contribution in [0.15, 0.2) is 0 Å². The highest BCUT2D eigenvalue weighted by atomic mass is 19.1. The average Bonchev–Trinajstić information content (AvgIpc) is 1.84. The molecule has 0 saturated heterocycles. The molecule has 0 aromatic carbocycles. The van der Waals surface area contributed by atoms with Crippen molar-refractivity contribution in [2.24, 2.45) is 11.8 Å². The fraction of sp³-hybridized carbons (Fsp3) is 0.800. The van der Waals surface area contributed by atoms with Gasteiger partial charge < -0.3 is 0 Å². The van der Waals surface area contributed by atoms with Crippen molar-refractivity contribution >= 4 is 5.91 Å². The Bertz CT molecular complexity index is 128. The number of nitrogens with one attached hydrogen (secondary N) is 1. The number of carbonyl (C=O) groups is 1. The van der Waals surface area contributed by atoms with Crippen LogP contribution in [0.5, 0.6) is 0 Å². The van der Waals surface area contributed by atoms with Gasteiger partial charge in [0, 0.05) is 0 Å². The second-order valence-electron chi connectivity index (χ2n) is 2.21. The molecular weight excluding hydrogens is 123 g/mol. The quantitative estimate of drug-likeness (QED) is 0.293. The number of amides is 1. The van der Waals surface area contributed by atoms with Gasteiger partial charge in [0.25, 0.3) is 0 Å². The molecule has 1 rings (SSSR count). The standard InChI is InChI=1S/C5H9FN2O/c6-4-2-1-3(4)5(9)8-7/h3-4H,1-2,7H2,(H,8,9)/t3-,4-/m1/s1. The van der Waals surface area contributed by atoms with E-state index in [0.717, 1.165) is 0 Å². The molecule has 0 aromatic rings. The van der Waals surface area contributed by atoms with Crippen LogP contribution in [0.25, 0.3) is 0 Å². The van der Waals surface area contributed by atoms with Gasteiger partial charge in [0.1, 0.15) is 6.17 Å². The van der Waals surface area contributed by atoms with Crippen LogP contribution >= 0.6 is 0 Å². The van der Waals surface area contributed by atoms with Crippen LogP contribution in [-0.4, -0.2) is 12.1 Å². The summed E-state index contributed by atoms with van der Waals surface area (Å²) in [5.74, 6) is 3.92. The molecule has 0 heterocycles. The SMILES string of the molecule is NNC(=O)[C@@H]1CC[C@H]1F. The minimum absolute atomic E-state index is 0.381. The molecule has 0 aliphatic heterocycles. The second-order valence-corrected chi connectivity index (χ2v) is 2.21. The van der Waals surface area contributed by atoms with Gasteiger partial charge in [-0.3, -0.25) is 10.2 Å². The maximum atomic E-state index is 12.3. The van der Waals surface area contributed by atoms with Gasteiger partial charge in [-0.15, -0.1) is 0 Å². The number of alkyl halides is 1. The molecule has 0 unspecified atom stereocenters. The molecule has 1 aliphatic carbocycles. The van der Waals surface area contributed by atoms with E-state index in [-0.39, 0.29) is 5.91 Å². The van der Waals surface area contributed by atoms with Gasteiger partial charge >= 0.3 is 0 Å². The largest absolute Gasteiger partial charge is 0.294 e. The summed E-state index contributed by atoms with van der Waals surface area (Å²) in [6, 6.07) is 0. The molecule has 1 amide bonds. The van der Waals surface area contributed by atoms with Crippen LogP contribution in [0.4, 0.5) is 4.39 Å². The minimum Gasteiger partial charge on any atom is -0.294 e. The fourth-order valence-corrected chi connectivity index (χ4v) is 0.862. The van der Waals surface area contributed by atoms with Crippen LogP contribution in [0, 0.1) is 5.92 Å². The molecule has 1 saturated carbocycles. The number of halogens is 1. The van der Waals surface area contributed by atoms with Gasteiger partial charge in [0.05, 0.1) is 5.92 Å². The van der Waals surface area contributed by atoms with E-state index in [2.05, 4.69) is 0 Å². The van der Waals surface area contributed by atoms with Crippen molar-refractivity contribution in [1.29, 1.82) is 0 Å². The van der Waals surface area contributed by atoms with E-state index in [1.165, 1.54) is 0 Å². The normalized spacial score (nSPS) is 33.1. The van der Waals surface area contributed by atoms with E-state index in [9.17, 15) is 9.18 Å². The third-order valence-corrected chi connectivity index (χ3v) is 1.67. The van der Waals surface area contributed by atoms with E-state index >= 15 is 0 Å². The maximum Gasteiger partial charge on any atom is 0.239 e. The van der Waals surface area contributed by atoms with E-state index < -0.39 is 12.1 Å². The number of hydrazine groups is 1. The monoisotopic (exact) mass is 132 g/mol. The van der Waals surface area contributed by atoms with Gasteiger partial charge in [0.2, 0.25) is 5.91 Å². The lowest BCUT2D eigenvalue weighted by molar-refractivity contribution is -0.130. The number of hydrogen-bond acceptors (Lipinski definition) is 2. The highest BCUT2D eigenvalue weighted by Gasteiger charge is 2.36.